The molecule has 0 aliphatic heterocycles. The Morgan fingerprint density at radius 3 is 2.28 bits per heavy atom. The van der Waals surface area contributed by atoms with E-state index in [0.717, 1.165) is 11.1 Å². The zero-order valence-corrected chi connectivity index (χ0v) is 17.5. The molecule has 0 radical (unpaired) electrons. The molecule has 3 aromatic carbocycles. The highest BCUT2D eigenvalue weighted by molar-refractivity contribution is 5.77. The van der Waals surface area contributed by atoms with Gasteiger partial charge in [-0.3, -0.25) is 9.59 Å². The molecule has 1 N–H and O–H groups in total. The van der Waals surface area contributed by atoms with Crippen molar-refractivity contribution in [2.75, 3.05) is 0 Å². The van der Waals surface area contributed by atoms with Crippen LogP contribution in [0.1, 0.15) is 24.5 Å². The maximum absolute atomic E-state index is 13.0. The van der Waals surface area contributed by atoms with Gasteiger partial charge in [-0.1, -0.05) is 25.1 Å². The number of aromatic nitrogens is 1. The molecule has 0 spiro atoms. The highest BCUT2D eigenvalue weighted by Crippen LogP contribution is 2.23. The molecule has 0 fully saturated rings. The topological polar surface area (TPSA) is 81.7 Å². The minimum atomic E-state index is -0.843. The Hall–Kier alpha value is -3.87. The summed E-state index contributed by atoms with van der Waals surface area (Å²) in [6.45, 7) is 2.07. The van der Waals surface area contributed by atoms with E-state index in [1.165, 1.54) is 16.9 Å². The first-order valence-electron chi connectivity index (χ1n) is 10.3. The van der Waals surface area contributed by atoms with Crippen LogP contribution in [0.25, 0.3) is 11.0 Å². The zero-order chi connectivity index (χ0) is 22.7. The van der Waals surface area contributed by atoms with Gasteiger partial charge in [0, 0.05) is 0 Å². The molecule has 0 aliphatic carbocycles. The van der Waals surface area contributed by atoms with Gasteiger partial charge in [-0.2, -0.15) is 4.74 Å². The molecule has 0 saturated carbocycles. The third-order valence-corrected chi connectivity index (χ3v) is 5.33. The first-order chi connectivity index (χ1) is 15.4. The van der Waals surface area contributed by atoms with Crippen LogP contribution in [0, 0.1) is 11.7 Å². The second kappa shape index (κ2) is 9.09. The quantitative estimate of drug-likeness (QED) is 0.410. The minimum Gasteiger partial charge on any atom is -0.481 e. The predicted octanol–water partition coefficient (Wildman–Crippen LogP) is 5.23. The van der Waals surface area contributed by atoms with Crippen molar-refractivity contribution in [3.63, 3.8) is 0 Å². The molecule has 4 aromatic rings. The van der Waals surface area contributed by atoms with Gasteiger partial charge in [0.15, 0.2) is 5.58 Å². The van der Waals surface area contributed by atoms with Crippen molar-refractivity contribution in [3.8, 4) is 11.5 Å². The van der Waals surface area contributed by atoms with Gasteiger partial charge in [-0.05, 0) is 72.5 Å². The number of hydrogen-bond donors (Lipinski definition) is 1. The van der Waals surface area contributed by atoms with Gasteiger partial charge in [0.25, 0.3) is 5.56 Å². The van der Waals surface area contributed by atoms with Gasteiger partial charge in [-0.15, -0.1) is 0 Å². The lowest BCUT2D eigenvalue weighted by Crippen LogP contribution is -2.16. The van der Waals surface area contributed by atoms with E-state index in [-0.39, 0.29) is 17.9 Å². The van der Waals surface area contributed by atoms with Crippen LogP contribution in [-0.4, -0.2) is 15.8 Å². The van der Waals surface area contributed by atoms with E-state index in [1.54, 1.807) is 42.5 Å². The van der Waals surface area contributed by atoms with E-state index in [4.69, 9.17) is 9.26 Å². The molecule has 6 nitrogen and oxygen atoms in total. The fraction of sp³-hybridized carbons (Fsp3) is 0.200. The van der Waals surface area contributed by atoms with Crippen molar-refractivity contribution in [1.29, 1.82) is 0 Å². The molecule has 4 rings (SSSR count). The molecule has 1 heterocycles. The molecule has 7 heteroatoms. The van der Waals surface area contributed by atoms with Crippen LogP contribution in [0.15, 0.2) is 76.0 Å². The zero-order valence-electron chi connectivity index (χ0n) is 17.5. The number of carbonyl (C=O) groups is 1. The second-order valence-electron chi connectivity index (χ2n) is 7.61. The van der Waals surface area contributed by atoms with E-state index in [2.05, 4.69) is 0 Å². The summed E-state index contributed by atoms with van der Waals surface area (Å²) in [5, 5.41) is 9.71. The summed E-state index contributed by atoms with van der Waals surface area (Å²) in [5.74, 6) is -0.549. The number of carboxylic acid groups (broad SMARTS) is 1. The van der Waals surface area contributed by atoms with Crippen LogP contribution in [0.3, 0.4) is 0 Å². The normalized spacial score (nSPS) is 12.1. The van der Waals surface area contributed by atoms with Crippen LogP contribution >= 0.6 is 0 Å². The Bertz CT molecular complexity index is 1290. The van der Waals surface area contributed by atoms with Crippen LogP contribution in [0.2, 0.25) is 0 Å². The summed E-state index contributed by atoms with van der Waals surface area (Å²) < 4.78 is 25.7. The molecule has 0 saturated heterocycles. The van der Waals surface area contributed by atoms with Crippen LogP contribution in [0.5, 0.6) is 11.5 Å². The second-order valence-corrected chi connectivity index (χ2v) is 7.61. The Balaban J connectivity index is 1.50. The number of rotatable bonds is 8. The molecule has 0 bridgehead atoms. The smallest absolute Gasteiger partial charge is 0.306 e. The monoisotopic (exact) mass is 435 g/mol. The largest absolute Gasteiger partial charge is 0.481 e. The Morgan fingerprint density at radius 2 is 1.66 bits per heavy atom. The molecule has 1 aromatic heterocycles. The predicted molar refractivity (Wildman–Crippen MR) is 118 cm³/mol. The lowest BCUT2D eigenvalue weighted by molar-refractivity contribution is -0.141. The molecular formula is C25H22FNO5. The maximum atomic E-state index is 13.0. The van der Waals surface area contributed by atoms with Gasteiger partial charge in [-0.25, -0.2) is 4.39 Å². The van der Waals surface area contributed by atoms with E-state index >= 15 is 0 Å². The molecule has 164 valence electrons. The van der Waals surface area contributed by atoms with E-state index in [0.29, 0.717) is 35.3 Å². The van der Waals surface area contributed by atoms with Gasteiger partial charge in [0.1, 0.15) is 17.3 Å². The average molecular weight is 435 g/mol. The van der Waals surface area contributed by atoms with E-state index in [9.17, 15) is 19.1 Å². The van der Waals surface area contributed by atoms with Crippen molar-refractivity contribution >= 4 is 16.9 Å². The number of hydrogen-bond acceptors (Lipinski definition) is 4. The summed E-state index contributed by atoms with van der Waals surface area (Å²) in [4.78, 5) is 24.1. The summed E-state index contributed by atoms with van der Waals surface area (Å²) in [5.41, 5.74) is 1.82. The highest BCUT2D eigenvalue weighted by Gasteiger charge is 2.17. The number of nitrogens with zero attached hydrogens (tertiary/aromatic N) is 1. The lowest BCUT2D eigenvalue weighted by atomic mass is 9.96. The van der Waals surface area contributed by atoms with Crippen LogP contribution < -0.4 is 10.3 Å². The standard InChI is InChI=1S/C25H22FNO5/c1-2-18(25(29)30)13-17-5-12-23-22(14-17)24(28)27(32-23)15-16-3-8-20(9-4-16)31-21-10-6-19(26)7-11-21/h3-12,14,18H,2,13,15H2,1H3,(H,29,30)/t18-/m0/s1. The maximum Gasteiger partial charge on any atom is 0.306 e. The van der Waals surface area contributed by atoms with Crippen molar-refractivity contribution in [3.05, 3.63) is 94.0 Å². The Labute approximate surface area is 183 Å². The lowest BCUT2D eigenvalue weighted by Gasteiger charge is -2.08. The number of aliphatic carboxylic acids is 1. The molecule has 0 aliphatic rings. The fourth-order valence-corrected chi connectivity index (χ4v) is 3.51. The minimum absolute atomic E-state index is 0.242. The van der Waals surface area contributed by atoms with Crippen LogP contribution in [0.4, 0.5) is 4.39 Å². The summed E-state index contributed by atoms with van der Waals surface area (Å²) in [6, 6.07) is 18.1. The SMILES string of the molecule is CC[C@@H](Cc1ccc2on(Cc3ccc(Oc4ccc(F)cc4)cc3)c(=O)c2c1)C(=O)O. The summed E-state index contributed by atoms with van der Waals surface area (Å²) in [7, 11) is 0. The van der Waals surface area contributed by atoms with Gasteiger partial charge >= 0.3 is 5.97 Å². The highest BCUT2D eigenvalue weighted by atomic mass is 19.1. The average Bonchev–Trinajstić information content (AvgIpc) is 3.09. The van der Waals surface area contributed by atoms with E-state index < -0.39 is 11.9 Å². The van der Waals surface area contributed by atoms with Crippen molar-refractivity contribution in [2.45, 2.75) is 26.3 Å². The van der Waals surface area contributed by atoms with Crippen molar-refractivity contribution < 1.29 is 23.6 Å². The van der Waals surface area contributed by atoms with Gasteiger partial charge in [0.2, 0.25) is 0 Å². The number of fused-ring (bicyclic) bond motifs is 1. The number of carboxylic acids is 1. The van der Waals surface area contributed by atoms with Crippen molar-refractivity contribution in [1.82, 2.24) is 4.74 Å². The number of benzene rings is 3. The van der Waals surface area contributed by atoms with Crippen molar-refractivity contribution in [2.24, 2.45) is 5.92 Å². The molecule has 32 heavy (non-hydrogen) atoms. The molecule has 0 amide bonds. The number of halogens is 1. The van der Waals surface area contributed by atoms with Crippen LogP contribution in [-0.2, 0) is 17.8 Å². The number of ether oxygens (including phenoxy) is 1. The summed E-state index contributed by atoms with van der Waals surface area (Å²) in [6.07, 6.45) is 0.881. The molecule has 1 atom stereocenters. The first kappa shape index (κ1) is 21.4. The molecular weight excluding hydrogens is 413 g/mol. The third-order valence-electron chi connectivity index (χ3n) is 5.33. The van der Waals surface area contributed by atoms with Gasteiger partial charge in [0.05, 0.1) is 17.8 Å². The Morgan fingerprint density at radius 1 is 1.03 bits per heavy atom. The third kappa shape index (κ3) is 4.72. The molecule has 0 unspecified atom stereocenters. The Kier molecular flexibility index (Phi) is 6.07. The van der Waals surface area contributed by atoms with E-state index in [1.807, 2.05) is 19.1 Å². The summed E-state index contributed by atoms with van der Waals surface area (Å²) >= 11 is 0. The first-order valence-corrected chi connectivity index (χ1v) is 10.3. The fourth-order valence-electron chi connectivity index (χ4n) is 3.51. The van der Waals surface area contributed by atoms with Gasteiger partial charge < -0.3 is 14.4 Å².